The number of carbonyl (C=O) groups is 1. The highest BCUT2D eigenvalue weighted by Crippen LogP contribution is 2.15. The molecule has 2 saturated heterocycles. The lowest BCUT2D eigenvalue weighted by atomic mass is 10.2. The minimum absolute atomic E-state index is 0.118. The number of aromatic nitrogens is 4. The van der Waals surface area contributed by atoms with E-state index < -0.39 is 0 Å². The Hall–Kier alpha value is -1.84. The van der Waals surface area contributed by atoms with Crippen LogP contribution < -0.4 is 0 Å². The van der Waals surface area contributed by atoms with Crippen molar-refractivity contribution in [3.8, 4) is 0 Å². The molecule has 0 radical (unpaired) electrons. The fraction of sp³-hybridized carbons (Fsp3) is 0.700. The highest BCUT2D eigenvalue weighted by molar-refractivity contribution is 7.09. The van der Waals surface area contributed by atoms with E-state index in [1.54, 1.807) is 16.0 Å². The highest BCUT2D eigenvalue weighted by atomic mass is 32.1. The van der Waals surface area contributed by atoms with Gasteiger partial charge in [-0.25, -0.2) is 4.68 Å². The maximum Gasteiger partial charge on any atom is 0.244 e. The Morgan fingerprint density at radius 1 is 0.931 bits per heavy atom. The predicted octanol–water partition coefficient (Wildman–Crippen LogP) is 1.85. The number of nitrogens with zero attached hydrogens (tertiary/aromatic N) is 7. The smallest absolute Gasteiger partial charge is 0.244 e. The van der Waals surface area contributed by atoms with E-state index in [4.69, 9.17) is 0 Å². The molecule has 2 aromatic rings. The molecule has 0 aromatic carbocycles. The van der Waals surface area contributed by atoms with Crippen molar-refractivity contribution in [3.63, 3.8) is 0 Å². The van der Waals surface area contributed by atoms with Gasteiger partial charge >= 0.3 is 0 Å². The molecule has 4 rings (SSSR count). The zero-order chi connectivity index (χ0) is 19.9. The Morgan fingerprint density at radius 2 is 1.72 bits per heavy atom. The molecule has 0 saturated carbocycles. The van der Waals surface area contributed by atoms with E-state index in [9.17, 15) is 4.79 Å². The number of hydrogen-bond donors (Lipinski definition) is 0. The van der Waals surface area contributed by atoms with Gasteiger partial charge in [0.15, 0.2) is 5.82 Å². The van der Waals surface area contributed by atoms with E-state index in [0.717, 1.165) is 64.6 Å². The summed E-state index contributed by atoms with van der Waals surface area (Å²) < 4.78 is 1.70. The third kappa shape index (κ3) is 5.83. The molecule has 1 amide bonds. The summed E-state index contributed by atoms with van der Waals surface area (Å²) in [6.07, 6.45) is 6.08. The van der Waals surface area contributed by atoms with Crippen LogP contribution in [0.5, 0.6) is 0 Å². The third-order valence-electron chi connectivity index (χ3n) is 5.86. The van der Waals surface area contributed by atoms with Crippen molar-refractivity contribution >= 4 is 17.2 Å². The van der Waals surface area contributed by atoms with Crippen molar-refractivity contribution in [3.05, 3.63) is 28.2 Å². The summed E-state index contributed by atoms with van der Waals surface area (Å²) in [4.78, 5) is 21.1. The molecule has 0 bridgehead atoms. The van der Waals surface area contributed by atoms with Crippen molar-refractivity contribution in [2.75, 3.05) is 39.3 Å². The Bertz CT molecular complexity index is 755. The monoisotopic (exact) mass is 417 g/mol. The molecule has 29 heavy (non-hydrogen) atoms. The van der Waals surface area contributed by atoms with Crippen LogP contribution in [0.3, 0.4) is 0 Å². The fourth-order valence-electron chi connectivity index (χ4n) is 4.18. The first kappa shape index (κ1) is 20.4. The second-order valence-electron chi connectivity index (χ2n) is 8.03. The molecule has 158 valence electrons. The van der Waals surface area contributed by atoms with Crippen molar-refractivity contribution < 1.29 is 4.79 Å². The zero-order valence-electron chi connectivity index (χ0n) is 17.1. The molecule has 2 aliphatic rings. The van der Waals surface area contributed by atoms with Crippen LogP contribution >= 0.6 is 11.3 Å². The molecular formula is C20H31N7OS. The van der Waals surface area contributed by atoms with E-state index in [1.165, 1.54) is 30.6 Å². The molecule has 0 unspecified atom stereocenters. The summed E-state index contributed by atoms with van der Waals surface area (Å²) >= 11 is 1.80. The first-order valence-electron chi connectivity index (χ1n) is 10.8. The van der Waals surface area contributed by atoms with E-state index in [0.29, 0.717) is 0 Å². The van der Waals surface area contributed by atoms with Crippen molar-refractivity contribution in [1.29, 1.82) is 0 Å². The average molecular weight is 418 g/mol. The SMILES string of the molecule is O=C(Cn1nnnc1CN1CCCCCC1)N1CCCN(Cc2cccs2)CC1. The lowest BCUT2D eigenvalue weighted by Gasteiger charge is -2.22. The fourth-order valence-corrected chi connectivity index (χ4v) is 4.93. The number of amides is 1. The van der Waals surface area contributed by atoms with E-state index in [1.807, 2.05) is 4.90 Å². The predicted molar refractivity (Wildman–Crippen MR) is 112 cm³/mol. The van der Waals surface area contributed by atoms with Crippen LogP contribution in [0.25, 0.3) is 0 Å². The molecule has 0 spiro atoms. The van der Waals surface area contributed by atoms with Gasteiger partial charge in [0.05, 0.1) is 6.54 Å². The molecule has 0 N–H and O–H groups in total. The first-order chi connectivity index (χ1) is 14.3. The highest BCUT2D eigenvalue weighted by Gasteiger charge is 2.22. The molecule has 0 atom stereocenters. The molecule has 2 aromatic heterocycles. The summed E-state index contributed by atoms with van der Waals surface area (Å²) in [5.74, 6) is 0.918. The minimum atomic E-state index is 0.118. The Kier molecular flexibility index (Phi) is 7.23. The summed E-state index contributed by atoms with van der Waals surface area (Å²) in [6, 6.07) is 4.28. The van der Waals surface area contributed by atoms with Crippen molar-refractivity contribution in [1.82, 2.24) is 34.9 Å². The van der Waals surface area contributed by atoms with Gasteiger partial charge in [-0.2, -0.15) is 0 Å². The second kappa shape index (κ2) is 10.3. The number of tetrazole rings is 1. The van der Waals surface area contributed by atoms with E-state index in [2.05, 4.69) is 42.8 Å². The summed E-state index contributed by atoms with van der Waals surface area (Å²) in [5.41, 5.74) is 0. The normalized spacial score (nSPS) is 19.8. The van der Waals surface area contributed by atoms with Crippen molar-refractivity contribution in [2.45, 2.75) is 51.7 Å². The van der Waals surface area contributed by atoms with Gasteiger partial charge in [-0.05, 0) is 54.2 Å². The number of thiophene rings is 1. The van der Waals surface area contributed by atoms with Gasteiger partial charge in [-0.1, -0.05) is 18.9 Å². The van der Waals surface area contributed by atoms with Crippen LogP contribution in [-0.2, 0) is 24.4 Å². The molecule has 9 heteroatoms. The number of carbonyl (C=O) groups excluding carboxylic acids is 1. The van der Waals surface area contributed by atoms with Crippen LogP contribution in [0.1, 0.15) is 42.8 Å². The molecule has 2 fully saturated rings. The molecule has 2 aliphatic heterocycles. The van der Waals surface area contributed by atoms with Gasteiger partial charge in [0, 0.05) is 37.6 Å². The summed E-state index contributed by atoms with van der Waals surface area (Å²) in [7, 11) is 0. The van der Waals surface area contributed by atoms with E-state index >= 15 is 0 Å². The maximum absolute atomic E-state index is 12.9. The lowest BCUT2D eigenvalue weighted by molar-refractivity contribution is -0.132. The van der Waals surface area contributed by atoms with Gasteiger partial charge in [-0.3, -0.25) is 14.6 Å². The number of hydrogen-bond acceptors (Lipinski definition) is 7. The summed E-state index contributed by atoms with van der Waals surface area (Å²) in [5, 5.41) is 14.3. The van der Waals surface area contributed by atoms with Gasteiger partial charge in [0.25, 0.3) is 0 Å². The van der Waals surface area contributed by atoms with Crippen LogP contribution in [0.2, 0.25) is 0 Å². The van der Waals surface area contributed by atoms with Gasteiger partial charge in [0.2, 0.25) is 5.91 Å². The third-order valence-corrected chi connectivity index (χ3v) is 6.72. The molecule has 8 nitrogen and oxygen atoms in total. The molecule has 0 aliphatic carbocycles. The summed E-state index contributed by atoms with van der Waals surface area (Å²) in [6.45, 7) is 7.66. The molecule has 4 heterocycles. The van der Waals surface area contributed by atoms with Crippen molar-refractivity contribution in [2.24, 2.45) is 0 Å². The lowest BCUT2D eigenvalue weighted by Crippen LogP contribution is -2.38. The quantitative estimate of drug-likeness (QED) is 0.714. The van der Waals surface area contributed by atoms with Crippen LogP contribution in [0, 0.1) is 0 Å². The zero-order valence-corrected chi connectivity index (χ0v) is 17.9. The number of likely N-dealkylation sites (tertiary alicyclic amines) is 1. The van der Waals surface area contributed by atoms with Crippen LogP contribution in [0.4, 0.5) is 0 Å². The minimum Gasteiger partial charge on any atom is -0.340 e. The average Bonchev–Trinajstić information content (AvgIpc) is 3.22. The number of rotatable bonds is 6. The van der Waals surface area contributed by atoms with Crippen LogP contribution in [0.15, 0.2) is 17.5 Å². The van der Waals surface area contributed by atoms with E-state index in [-0.39, 0.29) is 12.5 Å². The topological polar surface area (TPSA) is 70.4 Å². The molecular weight excluding hydrogens is 386 g/mol. The standard InChI is InChI=1S/C20H31N7OS/c28-20(26-11-6-10-25(12-13-26)15-18-7-5-14-29-18)17-27-19(21-22-23-27)16-24-8-3-1-2-4-9-24/h5,7,14H,1-4,6,8-13,15-17H2. The van der Waals surface area contributed by atoms with Gasteiger partial charge in [0.1, 0.15) is 6.54 Å². The van der Waals surface area contributed by atoms with Gasteiger partial charge in [-0.15, -0.1) is 16.4 Å². The van der Waals surface area contributed by atoms with Crippen LogP contribution in [-0.4, -0.2) is 80.1 Å². The maximum atomic E-state index is 12.9. The largest absolute Gasteiger partial charge is 0.340 e. The van der Waals surface area contributed by atoms with Gasteiger partial charge < -0.3 is 4.90 Å². The Labute approximate surface area is 176 Å². The first-order valence-corrected chi connectivity index (χ1v) is 11.7. The second-order valence-corrected chi connectivity index (χ2v) is 9.07. The Morgan fingerprint density at radius 3 is 2.52 bits per heavy atom. The Balaban J connectivity index is 1.29.